The van der Waals surface area contributed by atoms with E-state index in [0.29, 0.717) is 17.2 Å². The molecule has 1 aromatic carbocycles. The van der Waals surface area contributed by atoms with Crippen LogP contribution in [-0.2, 0) is 13.6 Å². The van der Waals surface area contributed by atoms with Gasteiger partial charge in [0.15, 0.2) is 0 Å². The van der Waals surface area contributed by atoms with Crippen LogP contribution in [0.2, 0.25) is 5.15 Å². The Morgan fingerprint density at radius 2 is 2.20 bits per heavy atom. The van der Waals surface area contributed by atoms with Crippen LogP contribution in [0.4, 0.5) is 4.39 Å². The summed E-state index contributed by atoms with van der Waals surface area (Å²) in [5, 5.41) is 4.49. The first-order valence-corrected chi connectivity index (χ1v) is 5.10. The normalized spacial score (nSPS) is 11.2. The van der Waals surface area contributed by atoms with Crippen molar-refractivity contribution in [1.82, 2.24) is 9.88 Å². The molecule has 0 saturated heterocycles. The summed E-state index contributed by atoms with van der Waals surface area (Å²) in [6, 6.07) is 5.03. The summed E-state index contributed by atoms with van der Waals surface area (Å²) in [5.74, 6) is -0.237. The topological polar surface area (TPSA) is 17.0 Å². The Labute approximate surface area is 92.6 Å². The molecule has 0 radical (unpaired) electrons. The second-order valence-electron chi connectivity index (χ2n) is 3.49. The van der Waals surface area contributed by atoms with E-state index in [1.165, 1.54) is 6.07 Å². The fraction of sp³-hybridized carbons (Fsp3) is 0.273. The van der Waals surface area contributed by atoms with E-state index in [1.807, 2.05) is 13.1 Å². The Balaban J connectivity index is 2.81. The molecule has 2 aromatic rings. The lowest BCUT2D eigenvalue weighted by atomic mass is 10.2. The monoisotopic (exact) mass is 226 g/mol. The van der Waals surface area contributed by atoms with Crippen LogP contribution in [0.1, 0.15) is 5.56 Å². The predicted molar refractivity (Wildman–Crippen MR) is 60.7 cm³/mol. The van der Waals surface area contributed by atoms with Gasteiger partial charge in [-0.3, -0.25) is 0 Å². The molecule has 0 bridgehead atoms. The van der Waals surface area contributed by atoms with Crippen molar-refractivity contribution in [3.63, 3.8) is 0 Å². The van der Waals surface area contributed by atoms with Crippen molar-refractivity contribution in [1.29, 1.82) is 0 Å². The van der Waals surface area contributed by atoms with Crippen LogP contribution in [0, 0.1) is 5.82 Å². The Morgan fingerprint density at radius 1 is 1.47 bits per heavy atom. The van der Waals surface area contributed by atoms with Gasteiger partial charge < -0.3 is 9.88 Å². The Bertz CT molecular complexity index is 505. The minimum absolute atomic E-state index is 0.237. The van der Waals surface area contributed by atoms with Crippen molar-refractivity contribution < 1.29 is 4.39 Å². The molecule has 0 unspecified atom stereocenters. The number of halogens is 2. The molecule has 0 spiro atoms. The number of hydrogen-bond donors (Lipinski definition) is 1. The molecule has 0 aliphatic rings. The lowest BCUT2D eigenvalue weighted by Crippen LogP contribution is -2.05. The molecule has 1 aromatic heterocycles. The first-order valence-electron chi connectivity index (χ1n) is 4.72. The summed E-state index contributed by atoms with van der Waals surface area (Å²) in [5.41, 5.74) is 1.50. The number of fused-ring (bicyclic) bond motifs is 1. The van der Waals surface area contributed by atoms with Crippen molar-refractivity contribution in [2.45, 2.75) is 6.54 Å². The first kappa shape index (κ1) is 10.5. The van der Waals surface area contributed by atoms with E-state index in [1.54, 1.807) is 17.7 Å². The molecule has 0 atom stereocenters. The largest absolute Gasteiger partial charge is 0.332 e. The molecular formula is C11H12ClFN2. The molecule has 80 valence electrons. The third-order valence-electron chi connectivity index (χ3n) is 2.54. The summed E-state index contributed by atoms with van der Waals surface area (Å²) >= 11 is 6.14. The highest BCUT2D eigenvalue weighted by molar-refractivity contribution is 6.32. The molecule has 2 nitrogen and oxygen atoms in total. The van der Waals surface area contributed by atoms with Gasteiger partial charge in [-0.15, -0.1) is 0 Å². The van der Waals surface area contributed by atoms with Crippen LogP contribution in [0.3, 0.4) is 0 Å². The zero-order valence-corrected chi connectivity index (χ0v) is 9.40. The quantitative estimate of drug-likeness (QED) is 0.833. The molecule has 15 heavy (non-hydrogen) atoms. The molecular weight excluding hydrogens is 215 g/mol. The van der Waals surface area contributed by atoms with Crippen molar-refractivity contribution in [2.75, 3.05) is 7.05 Å². The minimum atomic E-state index is -0.237. The second-order valence-corrected chi connectivity index (χ2v) is 3.85. The van der Waals surface area contributed by atoms with Gasteiger partial charge in [-0.2, -0.15) is 0 Å². The third kappa shape index (κ3) is 1.52. The van der Waals surface area contributed by atoms with Crippen LogP contribution >= 0.6 is 11.6 Å². The lowest BCUT2D eigenvalue weighted by molar-refractivity contribution is 0.632. The number of aryl methyl sites for hydroxylation is 1. The molecule has 0 fully saturated rings. The second kappa shape index (κ2) is 3.83. The molecule has 1 heterocycles. The summed E-state index contributed by atoms with van der Waals surface area (Å²) < 4.78 is 15.3. The fourth-order valence-electron chi connectivity index (χ4n) is 1.86. The molecule has 0 aliphatic carbocycles. The molecule has 4 heteroatoms. The molecule has 0 amide bonds. The standard InChI is InChI=1S/C11H12ClFN2/c1-14-6-8-7-4-3-5-9(13)10(7)15(2)11(8)12/h3-5,14H,6H2,1-2H3. The van der Waals surface area contributed by atoms with Crippen LogP contribution < -0.4 is 5.32 Å². The average Bonchev–Trinajstić information content (AvgIpc) is 2.45. The van der Waals surface area contributed by atoms with Crippen molar-refractivity contribution in [3.8, 4) is 0 Å². The van der Waals surface area contributed by atoms with Crippen LogP contribution in [-0.4, -0.2) is 11.6 Å². The minimum Gasteiger partial charge on any atom is -0.332 e. The summed E-state index contributed by atoms with van der Waals surface area (Å²) in [6.07, 6.45) is 0. The highest BCUT2D eigenvalue weighted by atomic mass is 35.5. The highest BCUT2D eigenvalue weighted by Gasteiger charge is 2.15. The van der Waals surface area contributed by atoms with Crippen molar-refractivity contribution in [3.05, 3.63) is 34.7 Å². The van der Waals surface area contributed by atoms with Gasteiger partial charge in [0.2, 0.25) is 0 Å². The number of benzene rings is 1. The number of nitrogens with one attached hydrogen (secondary N) is 1. The van der Waals surface area contributed by atoms with Gasteiger partial charge in [0.1, 0.15) is 11.0 Å². The summed E-state index contributed by atoms with van der Waals surface area (Å²) in [4.78, 5) is 0. The first-order chi connectivity index (χ1) is 7.16. The highest BCUT2D eigenvalue weighted by Crippen LogP contribution is 2.30. The van der Waals surface area contributed by atoms with Crippen molar-refractivity contribution >= 4 is 22.5 Å². The van der Waals surface area contributed by atoms with Gasteiger partial charge in [-0.05, 0) is 13.1 Å². The fourth-order valence-corrected chi connectivity index (χ4v) is 2.11. The van der Waals surface area contributed by atoms with Crippen LogP contribution in [0.15, 0.2) is 18.2 Å². The third-order valence-corrected chi connectivity index (χ3v) is 3.03. The SMILES string of the molecule is CNCc1c(Cl)n(C)c2c(F)cccc12. The van der Waals surface area contributed by atoms with Gasteiger partial charge in [-0.25, -0.2) is 4.39 Å². The van der Waals surface area contributed by atoms with E-state index in [9.17, 15) is 4.39 Å². The maximum absolute atomic E-state index is 13.6. The molecule has 0 saturated carbocycles. The van der Waals surface area contributed by atoms with Gasteiger partial charge >= 0.3 is 0 Å². The maximum atomic E-state index is 13.6. The smallest absolute Gasteiger partial charge is 0.147 e. The zero-order chi connectivity index (χ0) is 11.0. The summed E-state index contributed by atoms with van der Waals surface area (Å²) in [6.45, 7) is 0.639. The summed E-state index contributed by atoms with van der Waals surface area (Å²) in [7, 11) is 3.61. The number of rotatable bonds is 2. The number of hydrogen-bond acceptors (Lipinski definition) is 1. The Hall–Kier alpha value is -1.06. The molecule has 1 N–H and O–H groups in total. The lowest BCUT2D eigenvalue weighted by Gasteiger charge is -1.98. The Kier molecular flexibility index (Phi) is 2.67. The maximum Gasteiger partial charge on any atom is 0.147 e. The average molecular weight is 227 g/mol. The number of aromatic nitrogens is 1. The van der Waals surface area contributed by atoms with Gasteiger partial charge in [0, 0.05) is 24.5 Å². The van der Waals surface area contributed by atoms with Gasteiger partial charge in [0.05, 0.1) is 5.52 Å². The molecule has 0 aliphatic heterocycles. The zero-order valence-electron chi connectivity index (χ0n) is 8.64. The van der Waals surface area contributed by atoms with E-state index >= 15 is 0 Å². The van der Waals surface area contributed by atoms with E-state index in [0.717, 1.165) is 10.9 Å². The van der Waals surface area contributed by atoms with E-state index in [4.69, 9.17) is 11.6 Å². The van der Waals surface area contributed by atoms with Gasteiger partial charge in [0.25, 0.3) is 0 Å². The predicted octanol–water partition coefficient (Wildman–Crippen LogP) is 2.69. The van der Waals surface area contributed by atoms with E-state index < -0.39 is 0 Å². The van der Waals surface area contributed by atoms with Crippen LogP contribution in [0.25, 0.3) is 10.9 Å². The number of nitrogens with zero attached hydrogens (tertiary/aromatic N) is 1. The van der Waals surface area contributed by atoms with Crippen LogP contribution in [0.5, 0.6) is 0 Å². The Morgan fingerprint density at radius 3 is 2.87 bits per heavy atom. The molecule has 2 rings (SSSR count). The van der Waals surface area contributed by atoms with E-state index in [-0.39, 0.29) is 5.82 Å². The van der Waals surface area contributed by atoms with Crippen molar-refractivity contribution in [2.24, 2.45) is 7.05 Å². The van der Waals surface area contributed by atoms with E-state index in [2.05, 4.69) is 5.32 Å². The number of para-hydroxylation sites is 1. The van der Waals surface area contributed by atoms with Gasteiger partial charge in [-0.1, -0.05) is 23.7 Å².